The number of aromatic nitrogens is 1. The lowest BCUT2D eigenvalue weighted by Crippen LogP contribution is -2.25. The zero-order valence-corrected chi connectivity index (χ0v) is 15.6. The fourth-order valence-electron chi connectivity index (χ4n) is 2.13. The molecule has 1 heterocycles. The van der Waals surface area contributed by atoms with E-state index in [9.17, 15) is 9.59 Å². The van der Waals surface area contributed by atoms with Crippen LogP contribution >= 0.6 is 11.3 Å². The first kappa shape index (κ1) is 18.9. The van der Waals surface area contributed by atoms with Crippen LogP contribution in [-0.2, 0) is 28.0 Å². The third-order valence-corrected chi connectivity index (χ3v) is 4.42. The molecule has 25 heavy (non-hydrogen) atoms. The molecule has 1 aromatic carbocycles. The highest BCUT2D eigenvalue weighted by Gasteiger charge is 2.17. The van der Waals surface area contributed by atoms with Gasteiger partial charge in [-0.3, -0.25) is 9.59 Å². The van der Waals surface area contributed by atoms with Crippen molar-refractivity contribution >= 4 is 28.8 Å². The lowest BCUT2D eigenvalue weighted by molar-refractivity contribution is -0.120. The van der Waals surface area contributed by atoms with Gasteiger partial charge in [-0.15, -0.1) is 11.3 Å². The molecule has 0 aliphatic heterocycles. The second-order valence-electron chi connectivity index (χ2n) is 6.68. The Labute approximate surface area is 152 Å². The number of nitrogens with one attached hydrogen (secondary N) is 2. The molecule has 2 aromatic rings. The van der Waals surface area contributed by atoms with Crippen molar-refractivity contribution in [2.24, 2.45) is 0 Å². The van der Waals surface area contributed by atoms with Crippen molar-refractivity contribution in [2.75, 3.05) is 5.32 Å². The summed E-state index contributed by atoms with van der Waals surface area (Å²) in [5.41, 5.74) is 2.40. The maximum absolute atomic E-state index is 12.2. The van der Waals surface area contributed by atoms with Gasteiger partial charge in [0.2, 0.25) is 11.8 Å². The average molecular weight is 357 g/mol. The van der Waals surface area contributed by atoms with Crippen molar-refractivity contribution in [3.05, 3.63) is 58.6 Å². The van der Waals surface area contributed by atoms with Crippen LogP contribution in [0.25, 0.3) is 0 Å². The first-order valence-corrected chi connectivity index (χ1v) is 8.90. The van der Waals surface area contributed by atoms with Gasteiger partial charge >= 0.3 is 0 Å². The van der Waals surface area contributed by atoms with E-state index < -0.39 is 0 Å². The molecular formula is C19H23N3O2S. The quantitative estimate of drug-likeness (QED) is 0.778. The summed E-state index contributed by atoms with van der Waals surface area (Å²) in [6.45, 7) is 10.2. The van der Waals surface area contributed by atoms with Gasteiger partial charge in [0.15, 0.2) is 0 Å². The van der Waals surface area contributed by atoms with E-state index in [1.807, 2.05) is 23.6 Å². The van der Waals surface area contributed by atoms with E-state index in [2.05, 4.69) is 43.0 Å². The van der Waals surface area contributed by atoms with Crippen molar-refractivity contribution in [1.82, 2.24) is 10.3 Å². The maximum Gasteiger partial charge on any atom is 0.247 e. The minimum absolute atomic E-state index is 0.00105. The van der Waals surface area contributed by atoms with Gasteiger partial charge in [0.25, 0.3) is 0 Å². The van der Waals surface area contributed by atoms with Crippen molar-refractivity contribution < 1.29 is 9.59 Å². The van der Waals surface area contributed by atoms with Gasteiger partial charge in [0.05, 0.1) is 18.7 Å². The minimum Gasteiger partial charge on any atom is -0.349 e. The molecule has 0 aliphatic rings. The molecule has 2 rings (SSSR count). The van der Waals surface area contributed by atoms with E-state index in [-0.39, 0.29) is 23.7 Å². The lowest BCUT2D eigenvalue weighted by atomic mass is 9.93. The smallest absolute Gasteiger partial charge is 0.247 e. The zero-order chi connectivity index (χ0) is 18.4. The Hall–Kier alpha value is -2.47. The molecule has 6 heteroatoms. The van der Waals surface area contributed by atoms with Gasteiger partial charge < -0.3 is 10.6 Å². The molecule has 2 amide bonds. The van der Waals surface area contributed by atoms with Crippen molar-refractivity contribution in [3.63, 3.8) is 0 Å². The van der Waals surface area contributed by atoms with Gasteiger partial charge in [0, 0.05) is 16.5 Å². The zero-order valence-electron chi connectivity index (χ0n) is 14.8. The number of thiazole rings is 1. The molecule has 0 atom stereocenters. The normalized spacial score (nSPS) is 11.0. The first-order valence-electron chi connectivity index (χ1n) is 8.02. The van der Waals surface area contributed by atoms with Crippen LogP contribution in [0.5, 0.6) is 0 Å². The highest BCUT2D eigenvalue weighted by Crippen LogP contribution is 2.23. The molecule has 132 valence electrons. The fourth-order valence-corrected chi connectivity index (χ4v) is 3.09. The molecule has 0 spiro atoms. The molecule has 1 aromatic heterocycles. The van der Waals surface area contributed by atoms with Gasteiger partial charge in [-0.25, -0.2) is 4.98 Å². The largest absolute Gasteiger partial charge is 0.349 e. The van der Waals surface area contributed by atoms with Crippen molar-refractivity contribution in [3.8, 4) is 0 Å². The number of para-hydroxylation sites is 1. The fraction of sp³-hybridized carbons (Fsp3) is 0.316. The van der Waals surface area contributed by atoms with Crippen LogP contribution in [0.2, 0.25) is 0 Å². The molecule has 0 saturated heterocycles. The summed E-state index contributed by atoms with van der Waals surface area (Å²) in [5, 5.41) is 8.51. The summed E-state index contributed by atoms with van der Waals surface area (Å²) in [6.07, 6.45) is 1.39. The van der Waals surface area contributed by atoms with E-state index in [4.69, 9.17) is 0 Å². The standard InChI is InChI=1S/C19H23N3O2S/c1-5-16(23)21-14-9-7-6-8-13(14)10-17(24)20-11-18-22-15(12-25-18)19(2,3)4/h5-9,12H,1,10-11H2,2-4H3,(H,20,24)(H,21,23). The summed E-state index contributed by atoms with van der Waals surface area (Å²) >= 11 is 1.55. The van der Waals surface area contributed by atoms with Crippen LogP contribution in [0.4, 0.5) is 5.69 Å². The molecule has 0 bridgehead atoms. The predicted molar refractivity (Wildman–Crippen MR) is 102 cm³/mol. The maximum atomic E-state index is 12.2. The van der Waals surface area contributed by atoms with Gasteiger partial charge in [-0.2, -0.15) is 0 Å². The number of anilines is 1. The van der Waals surface area contributed by atoms with Crippen LogP contribution in [0, 0.1) is 0 Å². The van der Waals surface area contributed by atoms with Gasteiger partial charge in [-0.05, 0) is 17.7 Å². The lowest BCUT2D eigenvalue weighted by Gasteiger charge is -2.14. The number of rotatable bonds is 6. The molecule has 0 saturated carbocycles. The summed E-state index contributed by atoms with van der Waals surface area (Å²) in [7, 11) is 0. The highest BCUT2D eigenvalue weighted by molar-refractivity contribution is 7.09. The van der Waals surface area contributed by atoms with Crippen LogP contribution < -0.4 is 10.6 Å². The number of carbonyl (C=O) groups is 2. The molecular weight excluding hydrogens is 334 g/mol. The Kier molecular flexibility index (Phi) is 6.09. The van der Waals surface area contributed by atoms with Crippen molar-refractivity contribution in [2.45, 2.75) is 39.2 Å². The molecule has 0 aliphatic carbocycles. The van der Waals surface area contributed by atoms with E-state index in [0.717, 1.165) is 16.3 Å². The molecule has 5 nitrogen and oxygen atoms in total. The Morgan fingerprint density at radius 2 is 2.00 bits per heavy atom. The number of amides is 2. The monoisotopic (exact) mass is 357 g/mol. The Morgan fingerprint density at radius 3 is 2.64 bits per heavy atom. The summed E-state index contributed by atoms with van der Waals surface area (Å²) in [4.78, 5) is 28.3. The second-order valence-corrected chi connectivity index (χ2v) is 7.62. The van der Waals surface area contributed by atoms with Crippen LogP contribution in [0.15, 0.2) is 42.3 Å². The van der Waals surface area contributed by atoms with E-state index in [1.165, 1.54) is 6.08 Å². The van der Waals surface area contributed by atoms with Crippen molar-refractivity contribution in [1.29, 1.82) is 0 Å². The van der Waals surface area contributed by atoms with Crippen LogP contribution in [-0.4, -0.2) is 16.8 Å². The third-order valence-electron chi connectivity index (χ3n) is 3.57. The highest BCUT2D eigenvalue weighted by atomic mass is 32.1. The first-order chi connectivity index (χ1) is 11.8. The van der Waals surface area contributed by atoms with Crippen LogP contribution in [0.3, 0.4) is 0 Å². The molecule has 0 unspecified atom stereocenters. The molecule has 0 radical (unpaired) electrons. The second kappa shape index (κ2) is 8.07. The summed E-state index contributed by atoms with van der Waals surface area (Å²) < 4.78 is 0. The summed E-state index contributed by atoms with van der Waals surface area (Å²) in [6, 6.07) is 7.23. The number of benzene rings is 1. The van der Waals surface area contributed by atoms with Gasteiger partial charge in [0.1, 0.15) is 5.01 Å². The number of nitrogens with zero attached hydrogens (tertiary/aromatic N) is 1. The Bertz CT molecular complexity index is 775. The third kappa shape index (κ3) is 5.53. The van der Waals surface area contributed by atoms with E-state index >= 15 is 0 Å². The topological polar surface area (TPSA) is 71.1 Å². The number of hydrogen-bond donors (Lipinski definition) is 2. The predicted octanol–water partition coefficient (Wildman–Crippen LogP) is 3.42. The van der Waals surface area contributed by atoms with Gasteiger partial charge in [-0.1, -0.05) is 45.5 Å². The molecule has 2 N–H and O–H groups in total. The number of hydrogen-bond acceptors (Lipinski definition) is 4. The average Bonchev–Trinajstić information content (AvgIpc) is 3.04. The molecule has 0 fully saturated rings. The van der Waals surface area contributed by atoms with E-state index in [1.54, 1.807) is 17.4 Å². The Morgan fingerprint density at radius 1 is 1.28 bits per heavy atom. The number of carbonyl (C=O) groups excluding carboxylic acids is 2. The van der Waals surface area contributed by atoms with Crippen LogP contribution in [0.1, 0.15) is 37.0 Å². The Balaban J connectivity index is 1.96. The SMILES string of the molecule is C=CC(=O)Nc1ccccc1CC(=O)NCc1nc(C(C)(C)C)cs1. The minimum atomic E-state index is -0.301. The summed E-state index contributed by atoms with van der Waals surface area (Å²) in [5.74, 6) is -0.418. The van der Waals surface area contributed by atoms with E-state index in [0.29, 0.717) is 12.2 Å².